The normalized spacial score (nSPS) is 10.7. The minimum atomic E-state index is -0.249. The Morgan fingerprint density at radius 3 is 1.70 bits per heavy atom. The minimum Gasteiger partial charge on any atom is -0.463 e. The van der Waals surface area contributed by atoms with Crippen molar-refractivity contribution in [1.29, 1.82) is 0 Å². The van der Waals surface area contributed by atoms with E-state index in [1.165, 1.54) is 0 Å². The van der Waals surface area contributed by atoms with Crippen molar-refractivity contribution in [3.63, 3.8) is 0 Å². The van der Waals surface area contributed by atoms with E-state index in [0.717, 1.165) is 6.42 Å². The van der Waals surface area contributed by atoms with E-state index in [1.54, 1.807) is 14.0 Å². The predicted octanol–water partition coefficient (Wildman–Crippen LogP) is 1.38. The Kier molecular flexibility index (Phi) is 16.6. The van der Waals surface area contributed by atoms with Crippen LogP contribution in [-0.2, 0) is 33.3 Å². The van der Waals surface area contributed by atoms with Gasteiger partial charge in [0.15, 0.2) is 0 Å². The van der Waals surface area contributed by atoms with E-state index >= 15 is 0 Å². The van der Waals surface area contributed by atoms with Crippen LogP contribution in [0.4, 0.5) is 0 Å². The van der Waals surface area contributed by atoms with Gasteiger partial charge in [0.05, 0.1) is 46.2 Å². The molecule has 7 heteroatoms. The summed E-state index contributed by atoms with van der Waals surface area (Å²) >= 11 is 0. The third-order valence-corrected chi connectivity index (χ3v) is 2.83. The summed E-state index contributed by atoms with van der Waals surface area (Å²) in [6, 6.07) is 0. The second-order valence-electron chi connectivity index (χ2n) is 4.96. The monoisotopic (exact) mass is 334 g/mol. The average Bonchev–Trinajstić information content (AvgIpc) is 2.52. The fourth-order valence-corrected chi connectivity index (χ4v) is 1.61. The Labute approximate surface area is 138 Å². The Morgan fingerprint density at radius 2 is 1.17 bits per heavy atom. The van der Waals surface area contributed by atoms with Gasteiger partial charge in [-0.1, -0.05) is 0 Å². The highest BCUT2D eigenvalue weighted by Crippen LogP contribution is 2.01. The number of ketones is 1. The van der Waals surface area contributed by atoms with Crippen LogP contribution in [0.2, 0.25) is 0 Å². The summed E-state index contributed by atoms with van der Waals surface area (Å²) in [6.45, 7) is 5.27. The molecule has 0 radical (unpaired) electrons. The summed E-state index contributed by atoms with van der Waals surface area (Å²) in [7, 11) is 1.63. The van der Waals surface area contributed by atoms with Gasteiger partial charge in [0.2, 0.25) is 0 Å². The van der Waals surface area contributed by atoms with Crippen LogP contribution in [-0.4, -0.2) is 71.7 Å². The van der Waals surface area contributed by atoms with Crippen LogP contribution in [0, 0.1) is 0 Å². The molecule has 0 fully saturated rings. The lowest BCUT2D eigenvalue weighted by atomic mass is 10.1. The van der Waals surface area contributed by atoms with Crippen LogP contribution in [0.25, 0.3) is 0 Å². The maximum atomic E-state index is 11.4. The number of esters is 1. The summed E-state index contributed by atoms with van der Waals surface area (Å²) < 4.78 is 25.7. The van der Waals surface area contributed by atoms with E-state index in [-0.39, 0.29) is 18.4 Å². The highest BCUT2D eigenvalue weighted by molar-refractivity contribution is 5.75. The van der Waals surface area contributed by atoms with E-state index in [0.29, 0.717) is 65.5 Å². The van der Waals surface area contributed by atoms with Crippen LogP contribution in [0.3, 0.4) is 0 Å². The highest BCUT2D eigenvalue weighted by Gasteiger charge is 2.03. The maximum Gasteiger partial charge on any atom is 0.305 e. The molecule has 0 aromatic heterocycles. The van der Waals surface area contributed by atoms with Gasteiger partial charge < -0.3 is 28.5 Å². The fraction of sp³-hybridized carbons (Fsp3) is 0.875. The van der Waals surface area contributed by atoms with Crippen LogP contribution in [0.15, 0.2) is 0 Å². The van der Waals surface area contributed by atoms with Crippen LogP contribution in [0.1, 0.15) is 32.6 Å². The molecule has 0 heterocycles. The molecule has 0 aliphatic carbocycles. The van der Waals surface area contributed by atoms with Gasteiger partial charge in [-0.25, -0.2) is 0 Å². The van der Waals surface area contributed by atoms with Gasteiger partial charge in [0, 0.05) is 20.0 Å². The lowest BCUT2D eigenvalue weighted by Crippen LogP contribution is -2.14. The van der Waals surface area contributed by atoms with E-state index < -0.39 is 0 Å². The molecule has 136 valence electrons. The summed E-state index contributed by atoms with van der Waals surface area (Å²) in [4.78, 5) is 22.1. The molecular formula is C16H30O7. The predicted molar refractivity (Wildman–Crippen MR) is 84.4 cm³/mol. The third-order valence-electron chi connectivity index (χ3n) is 2.83. The van der Waals surface area contributed by atoms with Gasteiger partial charge in [-0.15, -0.1) is 0 Å². The Bertz CT molecular complexity index is 294. The molecule has 0 saturated heterocycles. The Balaban J connectivity index is 3.14. The van der Waals surface area contributed by atoms with Crippen molar-refractivity contribution in [1.82, 2.24) is 0 Å². The van der Waals surface area contributed by atoms with Crippen LogP contribution in [0.5, 0.6) is 0 Å². The van der Waals surface area contributed by atoms with Crippen molar-refractivity contribution in [2.75, 3.05) is 60.0 Å². The van der Waals surface area contributed by atoms with E-state index in [9.17, 15) is 9.59 Å². The first kappa shape index (κ1) is 22.0. The van der Waals surface area contributed by atoms with Gasteiger partial charge in [-0.2, -0.15) is 0 Å². The second kappa shape index (κ2) is 17.3. The Morgan fingerprint density at radius 1 is 0.696 bits per heavy atom. The third kappa shape index (κ3) is 18.9. The molecule has 0 bridgehead atoms. The number of unbranched alkanes of at least 4 members (excludes halogenated alkanes) is 1. The summed E-state index contributed by atoms with van der Waals surface area (Å²) in [5.41, 5.74) is 0. The maximum absolute atomic E-state index is 11.4. The van der Waals surface area contributed by atoms with Gasteiger partial charge in [0.25, 0.3) is 0 Å². The molecule has 0 atom stereocenters. The molecule has 0 aliphatic rings. The molecule has 7 nitrogen and oxygen atoms in total. The molecule has 0 N–H and O–H groups in total. The number of hydrogen-bond donors (Lipinski definition) is 0. The van der Waals surface area contributed by atoms with Gasteiger partial charge >= 0.3 is 5.97 Å². The standard InChI is InChI=1S/C16H30O7/c1-15(17)5-3-4-6-16(18)23-14-13-22-12-11-21-10-9-20-8-7-19-2/h3-14H2,1-2H3. The number of carbonyl (C=O) groups is 2. The first-order chi connectivity index (χ1) is 11.2. The van der Waals surface area contributed by atoms with E-state index in [2.05, 4.69) is 0 Å². The van der Waals surface area contributed by atoms with Crippen molar-refractivity contribution in [3.05, 3.63) is 0 Å². The number of ether oxygens (including phenoxy) is 5. The van der Waals surface area contributed by atoms with Crippen LogP contribution < -0.4 is 0 Å². The lowest BCUT2D eigenvalue weighted by molar-refractivity contribution is -0.145. The SMILES string of the molecule is COCCOCCOCCOCCOC(=O)CCCCC(C)=O. The fourth-order valence-electron chi connectivity index (χ4n) is 1.61. The number of methoxy groups -OCH3 is 1. The smallest absolute Gasteiger partial charge is 0.305 e. The summed E-state index contributed by atoms with van der Waals surface area (Å²) in [6.07, 6.45) is 2.28. The molecule has 0 aromatic carbocycles. The average molecular weight is 334 g/mol. The molecule has 0 spiro atoms. The molecule has 23 heavy (non-hydrogen) atoms. The van der Waals surface area contributed by atoms with Crippen molar-refractivity contribution in [2.45, 2.75) is 32.6 Å². The van der Waals surface area contributed by atoms with Crippen LogP contribution >= 0.6 is 0 Å². The topological polar surface area (TPSA) is 80.3 Å². The molecule has 0 rings (SSSR count). The number of Topliss-reactive ketones (excluding diaryl/α,β-unsaturated/α-hetero) is 1. The first-order valence-corrected chi connectivity index (χ1v) is 8.04. The highest BCUT2D eigenvalue weighted by atomic mass is 16.6. The van der Waals surface area contributed by atoms with Crippen molar-refractivity contribution < 1.29 is 33.3 Å². The zero-order valence-electron chi connectivity index (χ0n) is 14.3. The molecule has 0 unspecified atom stereocenters. The summed E-state index contributed by atoms with van der Waals surface area (Å²) in [5.74, 6) is -0.0999. The van der Waals surface area contributed by atoms with Crippen molar-refractivity contribution in [3.8, 4) is 0 Å². The van der Waals surface area contributed by atoms with E-state index in [4.69, 9.17) is 23.7 Å². The van der Waals surface area contributed by atoms with Gasteiger partial charge in [-0.05, 0) is 19.8 Å². The first-order valence-electron chi connectivity index (χ1n) is 8.04. The number of hydrogen-bond acceptors (Lipinski definition) is 7. The molecular weight excluding hydrogens is 304 g/mol. The molecule has 0 saturated carbocycles. The number of carbonyl (C=O) groups excluding carboxylic acids is 2. The number of rotatable bonds is 17. The van der Waals surface area contributed by atoms with Gasteiger partial charge in [0.1, 0.15) is 12.4 Å². The van der Waals surface area contributed by atoms with Gasteiger partial charge in [-0.3, -0.25) is 4.79 Å². The molecule has 0 aromatic rings. The van der Waals surface area contributed by atoms with E-state index in [1.807, 2.05) is 0 Å². The zero-order chi connectivity index (χ0) is 17.2. The van der Waals surface area contributed by atoms with Crippen molar-refractivity contribution in [2.24, 2.45) is 0 Å². The lowest BCUT2D eigenvalue weighted by Gasteiger charge is -2.07. The summed E-state index contributed by atoms with van der Waals surface area (Å²) in [5, 5.41) is 0. The minimum absolute atomic E-state index is 0.149. The zero-order valence-corrected chi connectivity index (χ0v) is 14.3. The Hall–Kier alpha value is -1.02. The second-order valence-corrected chi connectivity index (χ2v) is 4.96. The van der Waals surface area contributed by atoms with Crippen molar-refractivity contribution >= 4 is 11.8 Å². The molecule has 0 amide bonds. The largest absolute Gasteiger partial charge is 0.463 e. The quantitative estimate of drug-likeness (QED) is 0.293. The molecule has 0 aliphatic heterocycles.